The molecular weight excluding hydrogens is 424 g/mol. The zero-order chi connectivity index (χ0) is 23.3. The molecule has 1 spiro atoms. The van der Waals surface area contributed by atoms with Crippen LogP contribution in [0.15, 0.2) is 29.7 Å². The van der Waals surface area contributed by atoms with Gasteiger partial charge in [0.25, 0.3) is 5.91 Å². The quantitative estimate of drug-likeness (QED) is 0.584. The molecule has 2 saturated heterocycles. The van der Waals surface area contributed by atoms with Gasteiger partial charge in [-0.05, 0) is 39.2 Å². The Kier molecular flexibility index (Phi) is 4.91. The van der Waals surface area contributed by atoms with Gasteiger partial charge in [-0.25, -0.2) is 19.6 Å². The van der Waals surface area contributed by atoms with Crippen LogP contribution in [0.4, 0.5) is 10.6 Å². The smallest absolute Gasteiger partial charge is 0.348 e. The first-order valence-corrected chi connectivity index (χ1v) is 11.0. The van der Waals surface area contributed by atoms with Crippen LogP contribution in [0.1, 0.15) is 29.8 Å². The standard InChI is InChI=1S/C22H26N8O3/c1-14-15(2)25-20(32)29(16(14)3)10-11-30-19(31)22(26-21(30)33)4-7-27(8-5-22)18-17-12-23-13-28(17)9-6-24-18/h6,9,12-13H,4-5,7-8,10-11H2,1-3H3,(H,26,33). The number of carbonyl (C=O) groups excluding carboxylic acids is 2. The van der Waals surface area contributed by atoms with Crippen molar-refractivity contribution < 1.29 is 9.59 Å². The van der Waals surface area contributed by atoms with E-state index >= 15 is 0 Å². The fourth-order valence-electron chi connectivity index (χ4n) is 4.76. The number of nitrogens with zero attached hydrogens (tertiary/aromatic N) is 7. The summed E-state index contributed by atoms with van der Waals surface area (Å²) in [6, 6.07) is -0.410. The van der Waals surface area contributed by atoms with Gasteiger partial charge in [0.15, 0.2) is 5.82 Å². The Hall–Kier alpha value is -3.76. The number of amides is 3. The lowest BCUT2D eigenvalue weighted by Crippen LogP contribution is -2.55. The van der Waals surface area contributed by atoms with E-state index < -0.39 is 11.6 Å². The lowest BCUT2D eigenvalue weighted by Gasteiger charge is -2.38. The zero-order valence-electron chi connectivity index (χ0n) is 18.9. The van der Waals surface area contributed by atoms with Crippen LogP contribution >= 0.6 is 0 Å². The monoisotopic (exact) mass is 450 g/mol. The van der Waals surface area contributed by atoms with Gasteiger partial charge in [-0.3, -0.25) is 14.3 Å². The van der Waals surface area contributed by atoms with Crippen LogP contribution in [0.2, 0.25) is 0 Å². The van der Waals surface area contributed by atoms with E-state index in [1.54, 1.807) is 25.6 Å². The molecule has 0 aromatic carbocycles. The Morgan fingerprint density at radius 1 is 1.09 bits per heavy atom. The molecule has 11 nitrogen and oxygen atoms in total. The maximum atomic E-state index is 13.3. The summed E-state index contributed by atoms with van der Waals surface area (Å²) in [5, 5.41) is 2.93. The number of piperidine rings is 1. The van der Waals surface area contributed by atoms with Crippen LogP contribution in [0.3, 0.4) is 0 Å². The van der Waals surface area contributed by atoms with Crippen LogP contribution in [0, 0.1) is 20.8 Å². The molecule has 33 heavy (non-hydrogen) atoms. The van der Waals surface area contributed by atoms with Gasteiger partial charge in [-0.15, -0.1) is 0 Å². The predicted molar refractivity (Wildman–Crippen MR) is 120 cm³/mol. The second kappa shape index (κ2) is 7.68. The minimum Gasteiger partial charge on any atom is -0.355 e. The highest BCUT2D eigenvalue weighted by Crippen LogP contribution is 2.32. The van der Waals surface area contributed by atoms with Crippen LogP contribution in [-0.2, 0) is 11.3 Å². The summed E-state index contributed by atoms with van der Waals surface area (Å²) in [5.74, 6) is 0.584. The largest absolute Gasteiger partial charge is 0.355 e. The number of hydrogen-bond donors (Lipinski definition) is 1. The van der Waals surface area contributed by atoms with Crippen molar-refractivity contribution in [3.8, 4) is 0 Å². The van der Waals surface area contributed by atoms with E-state index in [9.17, 15) is 14.4 Å². The summed E-state index contributed by atoms with van der Waals surface area (Å²) < 4.78 is 3.43. The number of hydrogen-bond acceptors (Lipinski definition) is 7. The molecule has 0 unspecified atom stereocenters. The normalized spacial score (nSPS) is 17.9. The van der Waals surface area contributed by atoms with Crippen molar-refractivity contribution in [1.29, 1.82) is 0 Å². The van der Waals surface area contributed by atoms with Crippen LogP contribution in [0.5, 0.6) is 0 Å². The number of aryl methyl sites for hydroxylation is 1. The second-order valence-corrected chi connectivity index (χ2v) is 8.73. The van der Waals surface area contributed by atoms with Crippen molar-refractivity contribution in [2.24, 2.45) is 0 Å². The van der Waals surface area contributed by atoms with E-state index in [0.29, 0.717) is 31.6 Å². The van der Waals surface area contributed by atoms with E-state index in [4.69, 9.17) is 0 Å². The van der Waals surface area contributed by atoms with Crippen molar-refractivity contribution in [3.05, 3.63) is 52.4 Å². The molecule has 11 heteroatoms. The van der Waals surface area contributed by atoms with Crippen molar-refractivity contribution >= 4 is 23.3 Å². The molecule has 5 heterocycles. The third-order valence-electron chi connectivity index (χ3n) is 7.01. The number of carbonyl (C=O) groups is 2. The SMILES string of the molecule is Cc1nc(=O)n(CCN2C(=O)NC3(CCN(c4nccn5cncc45)CC3)C2=O)c(C)c1C. The number of aromatic nitrogens is 5. The fourth-order valence-corrected chi connectivity index (χ4v) is 4.76. The molecule has 0 saturated carbocycles. The first kappa shape index (κ1) is 21.1. The molecule has 5 rings (SSSR count). The molecule has 3 aromatic heterocycles. The summed E-state index contributed by atoms with van der Waals surface area (Å²) in [4.78, 5) is 54.4. The summed E-state index contributed by atoms with van der Waals surface area (Å²) >= 11 is 0. The fraction of sp³-hybridized carbons (Fsp3) is 0.455. The molecule has 0 radical (unpaired) electrons. The lowest BCUT2D eigenvalue weighted by molar-refractivity contribution is -0.132. The van der Waals surface area contributed by atoms with Gasteiger partial charge in [0.2, 0.25) is 0 Å². The van der Waals surface area contributed by atoms with Crippen molar-refractivity contribution in [3.63, 3.8) is 0 Å². The third kappa shape index (κ3) is 3.35. The van der Waals surface area contributed by atoms with Crippen LogP contribution in [-0.4, -0.2) is 65.9 Å². The Morgan fingerprint density at radius 2 is 1.85 bits per heavy atom. The van der Waals surface area contributed by atoms with Crippen molar-refractivity contribution in [1.82, 2.24) is 34.1 Å². The average molecular weight is 451 g/mol. The molecule has 0 bridgehead atoms. The first-order chi connectivity index (χ1) is 15.8. The van der Waals surface area contributed by atoms with Gasteiger partial charge in [0.1, 0.15) is 11.1 Å². The van der Waals surface area contributed by atoms with Gasteiger partial charge in [0, 0.05) is 50.0 Å². The van der Waals surface area contributed by atoms with Gasteiger partial charge in [0.05, 0.1) is 12.5 Å². The van der Waals surface area contributed by atoms with E-state index in [1.165, 1.54) is 9.47 Å². The predicted octanol–water partition coefficient (Wildman–Crippen LogP) is 0.802. The average Bonchev–Trinajstić information content (AvgIpc) is 3.36. The molecule has 3 amide bonds. The van der Waals surface area contributed by atoms with Gasteiger partial charge >= 0.3 is 11.7 Å². The molecule has 2 aliphatic rings. The lowest BCUT2D eigenvalue weighted by atomic mass is 9.87. The number of anilines is 1. The second-order valence-electron chi connectivity index (χ2n) is 8.73. The molecule has 0 atom stereocenters. The number of fused-ring (bicyclic) bond motifs is 1. The molecule has 2 aliphatic heterocycles. The number of nitrogens with one attached hydrogen (secondary N) is 1. The maximum Gasteiger partial charge on any atom is 0.348 e. The molecule has 1 N–H and O–H groups in total. The summed E-state index contributed by atoms with van der Waals surface area (Å²) in [5.41, 5.74) is 2.03. The Morgan fingerprint density at radius 3 is 2.61 bits per heavy atom. The summed E-state index contributed by atoms with van der Waals surface area (Å²) in [6.45, 7) is 7.05. The topological polar surface area (TPSA) is 118 Å². The minimum absolute atomic E-state index is 0.123. The maximum absolute atomic E-state index is 13.3. The Labute approximate surface area is 190 Å². The highest BCUT2D eigenvalue weighted by Gasteiger charge is 2.52. The van der Waals surface area contributed by atoms with Gasteiger partial charge in [-0.1, -0.05) is 0 Å². The minimum atomic E-state index is -0.916. The van der Waals surface area contributed by atoms with E-state index in [2.05, 4.69) is 25.2 Å². The number of urea groups is 1. The Balaban J connectivity index is 1.30. The third-order valence-corrected chi connectivity index (χ3v) is 7.01. The molecular formula is C22H26N8O3. The summed E-state index contributed by atoms with van der Waals surface area (Å²) in [7, 11) is 0. The highest BCUT2D eigenvalue weighted by molar-refractivity contribution is 6.07. The van der Waals surface area contributed by atoms with Gasteiger partial charge in [-0.2, -0.15) is 4.98 Å². The van der Waals surface area contributed by atoms with Crippen molar-refractivity contribution in [2.45, 2.75) is 45.7 Å². The highest BCUT2D eigenvalue weighted by atomic mass is 16.2. The van der Waals surface area contributed by atoms with E-state index in [1.807, 2.05) is 24.4 Å². The molecule has 0 aliphatic carbocycles. The van der Waals surface area contributed by atoms with Gasteiger partial charge < -0.3 is 14.6 Å². The van der Waals surface area contributed by atoms with E-state index in [0.717, 1.165) is 22.6 Å². The molecule has 172 valence electrons. The van der Waals surface area contributed by atoms with E-state index in [-0.39, 0.29) is 24.7 Å². The van der Waals surface area contributed by atoms with Crippen LogP contribution in [0.25, 0.3) is 5.52 Å². The molecule has 3 aromatic rings. The Bertz CT molecular complexity index is 1320. The number of imide groups is 1. The van der Waals surface area contributed by atoms with Crippen LogP contribution < -0.4 is 15.9 Å². The first-order valence-electron chi connectivity index (χ1n) is 11.0. The molecule has 2 fully saturated rings. The number of rotatable bonds is 4. The van der Waals surface area contributed by atoms with Crippen molar-refractivity contribution in [2.75, 3.05) is 24.5 Å². The summed E-state index contributed by atoms with van der Waals surface area (Å²) in [6.07, 6.45) is 8.02. The number of imidazole rings is 1. The zero-order valence-corrected chi connectivity index (χ0v) is 18.9.